The Labute approximate surface area is 111 Å². The van der Waals surface area contributed by atoms with Gasteiger partial charge >= 0.3 is 0 Å². The molecule has 0 bridgehead atoms. The van der Waals surface area contributed by atoms with Gasteiger partial charge in [0, 0.05) is 16.1 Å². The second kappa shape index (κ2) is 4.63. The van der Waals surface area contributed by atoms with Crippen LogP contribution in [0.1, 0.15) is 17.0 Å². The van der Waals surface area contributed by atoms with E-state index in [0.29, 0.717) is 11.0 Å². The van der Waals surface area contributed by atoms with Crippen LogP contribution in [0, 0.1) is 20.8 Å². The topological polar surface area (TPSA) is 25.8 Å². The fourth-order valence-corrected chi connectivity index (χ4v) is 2.01. The van der Waals surface area contributed by atoms with Gasteiger partial charge in [-0.3, -0.25) is 0 Å². The zero-order valence-electron chi connectivity index (χ0n) is 9.88. The molecule has 0 saturated carbocycles. The molecule has 2 rings (SSSR count). The van der Waals surface area contributed by atoms with Crippen molar-refractivity contribution in [1.29, 1.82) is 0 Å². The second-order valence-electron chi connectivity index (χ2n) is 4.00. The van der Waals surface area contributed by atoms with Crippen molar-refractivity contribution in [1.82, 2.24) is 9.97 Å². The number of hydrogen-bond donors (Lipinski definition) is 0. The van der Waals surface area contributed by atoms with Crippen molar-refractivity contribution in [3.63, 3.8) is 0 Å². The predicted octanol–water partition coefficient (Wildman–Crippen LogP) is 4.38. The van der Waals surface area contributed by atoms with Gasteiger partial charge in [0.05, 0.1) is 5.69 Å². The molecule has 0 atom stereocenters. The molecule has 0 N–H and O–H groups in total. The third kappa shape index (κ3) is 2.43. The van der Waals surface area contributed by atoms with Crippen LogP contribution in [0.5, 0.6) is 0 Å². The highest BCUT2D eigenvalue weighted by molar-refractivity contribution is 6.31. The number of aryl methyl sites for hydroxylation is 2. The quantitative estimate of drug-likeness (QED) is 0.717. The summed E-state index contributed by atoms with van der Waals surface area (Å²) >= 11 is 12.2. The van der Waals surface area contributed by atoms with Crippen LogP contribution in [-0.4, -0.2) is 9.97 Å². The Hall–Kier alpha value is -1.12. The van der Waals surface area contributed by atoms with Gasteiger partial charge in [0.15, 0.2) is 0 Å². The molecule has 2 nitrogen and oxygen atoms in total. The van der Waals surface area contributed by atoms with Crippen LogP contribution in [-0.2, 0) is 0 Å². The molecule has 0 aliphatic heterocycles. The van der Waals surface area contributed by atoms with E-state index in [0.717, 1.165) is 27.4 Å². The average Bonchev–Trinajstić information content (AvgIpc) is 2.27. The molecule has 0 fully saturated rings. The number of rotatable bonds is 1. The van der Waals surface area contributed by atoms with Crippen LogP contribution in [0.3, 0.4) is 0 Å². The molecule has 0 spiro atoms. The number of halogens is 2. The highest BCUT2D eigenvalue weighted by atomic mass is 35.5. The first-order valence-corrected chi connectivity index (χ1v) is 6.02. The lowest BCUT2D eigenvalue weighted by Crippen LogP contribution is -1.96. The van der Waals surface area contributed by atoms with E-state index in [1.165, 1.54) is 0 Å². The maximum Gasteiger partial charge on any atom is 0.136 e. The fraction of sp³-hybridized carbons (Fsp3) is 0.231. The number of benzene rings is 1. The Morgan fingerprint density at radius 2 is 1.71 bits per heavy atom. The van der Waals surface area contributed by atoms with E-state index in [4.69, 9.17) is 23.2 Å². The third-order valence-corrected chi connectivity index (χ3v) is 3.42. The molecule has 1 heterocycles. The summed E-state index contributed by atoms with van der Waals surface area (Å²) in [6.07, 6.45) is 0. The van der Waals surface area contributed by atoms with Crippen molar-refractivity contribution < 1.29 is 0 Å². The van der Waals surface area contributed by atoms with Crippen LogP contribution >= 0.6 is 23.2 Å². The molecule has 0 radical (unpaired) electrons. The Kier molecular flexibility index (Phi) is 3.36. The molecule has 4 heteroatoms. The van der Waals surface area contributed by atoms with Gasteiger partial charge in [-0.25, -0.2) is 9.97 Å². The van der Waals surface area contributed by atoms with Crippen molar-refractivity contribution in [2.75, 3.05) is 0 Å². The molecule has 88 valence electrons. The summed E-state index contributed by atoms with van der Waals surface area (Å²) in [6.45, 7) is 5.70. The van der Waals surface area contributed by atoms with Gasteiger partial charge in [0.2, 0.25) is 0 Å². The van der Waals surface area contributed by atoms with E-state index in [1.807, 2.05) is 39.0 Å². The van der Waals surface area contributed by atoms with Crippen molar-refractivity contribution in [2.45, 2.75) is 20.8 Å². The predicted molar refractivity (Wildman–Crippen MR) is 71.7 cm³/mol. The molecule has 1 aromatic carbocycles. The first-order chi connectivity index (χ1) is 7.99. The summed E-state index contributed by atoms with van der Waals surface area (Å²) in [4.78, 5) is 8.54. The minimum atomic E-state index is 0.490. The number of hydrogen-bond acceptors (Lipinski definition) is 2. The normalized spacial score (nSPS) is 10.6. The minimum Gasteiger partial charge on any atom is -0.233 e. The molecule has 0 saturated heterocycles. The van der Waals surface area contributed by atoms with E-state index in [2.05, 4.69) is 9.97 Å². The van der Waals surface area contributed by atoms with Crippen LogP contribution in [0.4, 0.5) is 0 Å². The second-order valence-corrected chi connectivity index (χ2v) is 4.76. The summed E-state index contributed by atoms with van der Waals surface area (Å²) in [6, 6.07) is 5.87. The van der Waals surface area contributed by atoms with Crippen LogP contribution in [0.2, 0.25) is 10.2 Å². The molecular weight excluding hydrogens is 255 g/mol. The lowest BCUT2D eigenvalue weighted by Gasteiger charge is -2.08. The molecule has 2 aromatic rings. The van der Waals surface area contributed by atoms with Crippen molar-refractivity contribution in [3.8, 4) is 11.3 Å². The fourth-order valence-electron chi connectivity index (χ4n) is 1.62. The maximum atomic E-state index is 6.12. The van der Waals surface area contributed by atoms with E-state index in [1.54, 1.807) is 0 Å². The summed E-state index contributed by atoms with van der Waals surface area (Å²) in [5, 5.41) is 1.22. The summed E-state index contributed by atoms with van der Waals surface area (Å²) < 4.78 is 0. The lowest BCUT2D eigenvalue weighted by molar-refractivity contribution is 1.04. The molecule has 0 amide bonds. The Morgan fingerprint density at radius 3 is 2.35 bits per heavy atom. The minimum absolute atomic E-state index is 0.490. The highest BCUT2D eigenvalue weighted by Gasteiger charge is 2.10. The molecule has 0 aliphatic rings. The Balaban J connectivity index is 2.64. The summed E-state index contributed by atoms with van der Waals surface area (Å²) in [7, 11) is 0. The highest BCUT2D eigenvalue weighted by Crippen LogP contribution is 2.28. The maximum absolute atomic E-state index is 6.12. The largest absolute Gasteiger partial charge is 0.233 e. The monoisotopic (exact) mass is 266 g/mol. The molecule has 1 aromatic heterocycles. The first kappa shape index (κ1) is 12.3. The zero-order valence-corrected chi connectivity index (χ0v) is 11.4. The van der Waals surface area contributed by atoms with E-state index < -0.39 is 0 Å². The van der Waals surface area contributed by atoms with Crippen molar-refractivity contribution in [2.24, 2.45) is 0 Å². The van der Waals surface area contributed by atoms with E-state index in [9.17, 15) is 0 Å². The van der Waals surface area contributed by atoms with Gasteiger partial charge in [-0.15, -0.1) is 0 Å². The van der Waals surface area contributed by atoms with E-state index in [-0.39, 0.29) is 0 Å². The number of nitrogens with zero attached hydrogens (tertiary/aromatic N) is 2. The van der Waals surface area contributed by atoms with Crippen LogP contribution in [0.15, 0.2) is 18.2 Å². The van der Waals surface area contributed by atoms with Crippen LogP contribution in [0.25, 0.3) is 11.3 Å². The molecular formula is C13H12Cl2N2. The first-order valence-electron chi connectivity index (χ1n) is 5.26. The van der Waals surface area contributed by atoms with Gasteiger partial charge in [-0.2, -0.15) is 0 Å². The third-order valence-electron chi connectivity index (χ3n) is 2.64. The van der Waals surface area contributed by atoms with Gasteiger partial charge in [-0.05, 0) is 32.4 Å². The molecule has 17 heavy (non-hydrogen) atoms. The smallest absolute Gasteiger partial charge is 0.136 e. The van der Waals surface area contributed by atoms with Crippen LogP contribution < -0.4 is 0 Å². The lowest BCUT2D eigenvalue weighted by atomic mass is 10.1. The SMILES string of the molecule is Cc1nc(Cl)c(C)c(-c2ccc(C)c(Cl)c2)n1. The molecule has 0 unspecified atom stereocenters. The van der Waals surface area contributed by atoms with Gasteiger partial charge in [-0.1, -0.05) is 35.3 Å². The Morgan fingerprint density at radius 1 is 1.00 bits per heavy atom. The van der Waals surface area contributed by atoms with Crippen molar-refractivity contribution >= 4 is 23.2 Å². The summed E-state index contributed by atoms with van der Waals surface area (Å²) in [5.74, 6) is 0.660. The van der Waals surface area contributed by atoms with Crippen molar-refractivity contribution in [3.05, 3.63) is 45.3 Å². The van der Waals surface area contributed by atoms with Gasteiger partial charge in [0.1, 0.15) is 11.0 Å². The molecule has 0 aliphatic carbocycles. The van der Waals surface area contributed by atoms with Gasteiger partial charge in [0.25, 0.3) is 0 Å². The average molecular weight is 267 g/mol. The standard InChI is InChI=1S/C13H12Cl2N2/c1-7-4-5-10(6-11(7)14)12-8(2)13(15)17-9(3)16-12/h4-6H,1-3H3. The van der Waals surface area contributed by atoms with Gasteiger partial charge < -0.3 is 0 Å². The summed E-state index contributed by atoms with van der Waals surface area (Å²) in [5.41, 5.74) is 3.72. The van der Waals surface area contributed by atoms with E-state index >= 15 is 0 Å². The zero-order chi connectivity index (χ0) is 12.6. The number of aromatic nitrogens is 2. The Bertz CT molecular complexity index is 580.